The van der Waals surface area contributed by atoms with Crippen molar-refractivity contribution in [1.29, 1.82) is 0 Å². The monoisotopic (exact) mass is 622 g/mol. The number of nitrogens with zero attached hydrogens (tertiary/aromatic N) is 2. The Morgan fingerprint density at radius 2 is 1.78 bits per heavy atom. The Hall–Kier alpha value is -2.69. The maximum Gasteiger partial charge on any atom is 0.407 e. The molecule has 1 aromatic heterocycles. The molecule has 2 heterocycles. The van der Waals surface area contributed by atoms with Crippen LogP contribution in [-0.4, -0.2) is 87.7 Å². The third-order valence-electron chi connectivity index (χ3n) is 6.46. The number of nitrogens with one attached hydrogen (secondary N) is 1. The van der Waals surface area contributed by atoms with Crippen LogP contribution >= 0.6 is 15.2 Å². The molecule has 1 aliphatic heterocycles. The first kappa shape index (κ1) is 32.8. The number of aryl methyl sites for hydroxylation is 1. The summed E-state index contributed by atoms with van der Waals surface area (Å²) >= 11 is 0. The van der Waals surface area contributed by atoms with E-state index in [0.717, 1.165) is 4.57 Å². The summed E-state index contributed by atoms with van der Waals surface area (Å²) in [5.74, 6) is -0.210. The summed E-state index contributed by atoms with van der Waals surface area (Å²) in [4.78, 5) is 65.9. The van der Waals surface area contributed by atoms with Crippen molar-refractivity contribution in [3.63, 3.8) is 0 Å². The Morgan fingerprint density at radius 3 is 2.34 bits per heavy atom. The van der Waals surface area contributed by atoms with E-state index in [-0.39, 0.29) is 49.1 Å². The number of amides is 1. The molecule has 0 spiro atoms. The van der Waals surface area contributed by atoms with Gasteiger partial charge in [0.05, 0.1) is 17.6 Å². The average Bonchev–Trinajstić information content (AvgIpc) is 3.18. The number of rotatable bonds is 12. The van der Waals surface area contributed by atoms with E-state index in [1.54, 1.807) is 0 Å². The minimum absolute atomic E-state index is 0.0568. The molecule has 1 saturated heterocycles. The van der Waals surface area contributed by atoms with E-state index in [4.69, 9.17) is 25.0 Å². The quantitative estimate of drug-likeness (QED) is 0.116. The number of hydrogen-bond donors (Lipinski definition) is 9. The van der Waals surface area contributed by atoms with E-state index in [1.807, 2.05) is 0 Å². The van der Waals surface area contributed by atoms with Gasteiger partial charge < -0.3 is 55.4 Å². The molecule has 1 aromatic carbocycles. The van der Waals surface area contributed by atoms with Gasteiger partial charge in [-0.05, 0) is 37.0 Å². The number of alkyl carbamates (subject to hydrolysis) is 1. The fraction of sp³-hybridized carbons (Fsp3) is 0.500. The van der Waals surface area contributed by atoms with E-state index in [9.17, 15) is 43.8 Å². The minimum atomic E-state index is -4.65. The topological polar surface area (TPSA) is 284 Å². The van der Waals surface area contributed by atoms with Crippen molar-refractivity contribution in [3.8, 4) is 0 Å². The normalized spacial score (nSPS) is 21.9. The largest absolute Gasteiger partial charge is 0.445 e. The highest BCUT2D eigenvalue weighted by Crippen LogP contribution is 2.45. The molecule has 0 bridgehead atoms. The third-order valence-corrected chi connectivity index (χ3v) is 8.90. The predicted octanol–water partition coefficient (Wildman–Crippen LogP) is -1.96. The molecule has 19 heteroatoms. The summed E-state index contributed by atoms with van der Waals surface area (Å²) in [5, 5.41) is 31.7. The predicted molar refractivity (Wildman–Crippen MR) is 141 cm³/mol. The van der Waals surface area contributed by atoms with Gasteiger partial charge in [-0.2, -0.15) is 4.98 Å². The number of carbonyl (C=O) groups excluding carboxylic acids is 1. The Labute approximate surface area is 232 Å². The Bertz CT molecular complexity index is 1360. The molecule has 0 radical (unpaired) electrons. The first-order valence-electron chi connectivity index (χ1n) is 12.2. The lowest BCUT2D eigenvalue weighted by molar-refractivity contribution is -0.0550. The highest BCUT2D eigenvalue weighted by atomic mass is 31.2. The summed E-state index contributed by atoms with van der Waals surface area (Å²) in [6, 6.07) is 5.16. The van der Waals surface area contributed by atoms with Gasteiger partial charge in [0.1, 0.15) is 30.7 Å². The summed E-state index contributed by atoms with van der Waals surface area (Å²) < 4.78 is 34.5. The van der Waals surface area contributed by atoms with Gasteiger partial charge in [-0.3, -0.25) is 13.7 Å². The smallest absolute Gasteiger partial charge is 0.407 e. The number of aliphatic hydroxyl groups excluding tert-OH is 3. The zero-order valence-corrected chi connectivity index (χ0v) is 23.3. The molecular formula is C22H32N4O13P2. The number of nitrogens with two attached hydrogens (primary N) is 1. The molecule has 0 saturated carbocycles. The van der Waals surface area contributed by atoms with Crippen molar-refractivity contribution < 1.29 is 58.3 Å². The number of carbonyl (C=O) groups is 1. The molecule has 41 heavy (non-hydrogen) atoms. The zero-order valence-electron chi connectivity index (χ0n) is 21.5. The molecule has 228 valence electrons. The first-order chi connectivity index (χ1) is 19.1. The molecule has 17 nitrogen and oxygen atoms in total. The number of benzene rings is 1. The van der Waals surface area contributed by atoms with E-state index in [0.29, 0.717) is 5.56 Å². The minimum Gasteiger partial charge on any atom is -0.445 e. The Morgan fingerprint density at radius 1 is 1.12 bits per heavy atom. The lowest BCUT2D eigenvalue weighted by Crippen LogP contribution is -2.36. The summed E-state index contributed by atoms with van der Waals surface area (Å²) in [7, 11) is -9.06. The van der Waals surface area contributed by atoms with Crippen LogP contribution in [0, 0.1) is 0 Å². The van der Waals surface area contributed by atoms with E-state index >= 15 is 0 Å². The van der Waals surface area contributed by atoms with Crippen LogP contribution in [0.25, 0.3) is 0 Å². The fourth-order valence-electron chi connectivity index (χ4n) is 4.14. The Kier molecular flexibility index (Phi) is 10.8. The highest BCUT2D eigenvalue weighted by Gasteiger charge is 2.44. The van der Waals surface area contributed by atoms with Crippen molar-refractivity contribution in [2.75, 3.05) is 18.9 Å². The number of hydrogen-bond acceptors (Lipinski definition) is 11. The van der Waals surface area contributed by atoms with Crippen molar-refractivity contribution in [2.24, 2.45) is 0 Å². The molecule has 1 aliphatic rings. The van der Waals surface area contributed by atoms with Crippen LogP contribution < -0.4 is 22.0 Å². The zero-order chi connectivity index (χ0) is 30.5. The molecule has 10 N–H and O–H groups in total. The molecule has 5 atom stereocenters. The standard InChI is InChI=1S/C22H32N4O13P2/c23-19-13(9-26(21(30)25-19)20-18(29)17(28)16(10-27)39-20)3-6-15(41(35,36)37)7-8-24-22(31)38-11-12-1-4-14(5-2-12)40(32,33)34/h1-2,4-5,9,15-18,20,27-29H,3,6-8,10-11H2,(H,24,31)(H2,23,25,30)(H2,32,33,34)(H2,35,36,37)/t15?,16-,17-,18-,20-/m1/s1. The molecule has 1 amide bonds. The van der Waals surface area contributed by atoms with Gasteiger partial charge in [-0.1, -0.05) is 12.1 Å². The molecule has 1 unspecified atom stereocenters. The number of anilines is 1. The van der Waals surface area contributed by atoms with E-state index < -0.39 is 63.8 Å². The molecular weight excluding hydrogens is 590 g/mol. The van der Waals surface area contributed by atoms with Gasteiger partial charge in [-0.25, -0.2) is 9.59 Å². The van der Waals surface area contributed by atoms with E-state index in [1.165, 1.54) is 30.5 Å². The van der Waals surface area contributed by atoms with Crippen molar-refractivity contribution >= 4 is 32.4 Å². The fourth-order valence-corrected chi connectivity index (χ4v) is 5.60. The molecule has 0 aliphatic carbocycles. The van der Waals surface area contributed by atoms with Crippen molar-refractivity contribution in [2.45, 2.75) is 56.1 Å². The average molecular weight is 622 g/mol. The number of ether oxygens (including phenoxy) is 2. The van der Waals surface area contributed by atoms with Gasteiger partial charge in [0, 0.05) is 18.3 Å². The lowest BCUT2D eigenvalue weighted by atomic mass is 10.1. The van der Waals surface area contributed by atoms with Crippen LogP contribution in [0.5, 0.6) is 0 Å². The van der Waals surface area contributed by atoms with Gasteiger partial charge in [0.25, 0.3) is 0 Å². The maximum atomic E-state index is 12.4. The van der Waals surface area contributed by atoms with Crippen LogP contribution in [0.15, 0.2) is 35.3 Å². The van der Waals surface area contributed by atoms with Gasteiger partial charge in [-0.15, -0.1) is 0 Å². The SMILES string of the molecule is Nc1nc(=O)n([C@@H]2O[C@H](CO)[C@@H](O)[C@H]2O)cc1CCC(CCNC(=O)OCc1ccc(P(=O)(O)O)cc1)P(=O)(O)O. The van der Waals surface area contributed by atoms with Crippen molar-refractivity contribution in [1.82, 2.24) is 14.9 Å². The van der Waals surface area contributed by atoms with Gasteiger partial charge >= 0.3 is 27.0 Å². The number of aliphatic hydroxyl groups is 3. The summed E-state index contributed by atoms with van der Waals surface area (Å²) in [6.07, 6.45) is -5.58. The van der Waals surface area contributed by atoms with Crippen LogP contribution in [0.2, 0.25) is 0 Å². The summed E-state index contributed by atoms with van der Waals surface area (Å²) in [6.45, 7) is -0.995. The number of nitrogen functional groups attached to an aromatic ring is 1. The lowest BCUT2D eigenvalue weighted by Gasteiger charge is -2.21. The number of aromatic nitrogens is 2. The van der Waals surface area contributed by atoms with Crippen molar-refractivity contribution in [3.05, 3.63) is 52.1 Å². The maximum absolute atomic E-state index is 12.4. The van der Waals surface area contributed by atoms with Gasteiger partial charge in [0.2, 0.25) is 0 Å². The van der Waals surface area contributed by atoms with Crippen LogP contribution in [-0.2, 0) is 31.6 Å². The summed E-state index contributed by atoms with van der Waals surface area (Å²) in [5.41, 5.74) is 4.35. The second-order valence-corrected chi connectivity index (χ2v) is 12.9. The third kappa shape index (κ3) is 8.66. The highest BCUT2D eigenvalue weighted by molar-refractivity contribution is 7.60. The van der Waals surface area contributed by atoms with Crippen LogP contribution in [0.1, 0.15) is 30.2 Å². The molecule has 3 rings (SSSR count). The molecule has 2 aromatic rings. The Balaban J connectivity index is 1.57. The van der Waals surface area contributed by atoms with Gasteiger partial charge in [0.15, 0.2) is 6.23 Å². The second kappa shape index (κ2) is 13.5. The first-order valence-corrected chi connectivity index (χ1v) is 15.5. The second-order valence-electron chi connectivity index (χ2n) is 9.35. The van der Waals surface area contributed by atoms with E-state index in [2.05, 4.69) is 10.3 Å². The molecule has 1 fully saturated rings. The van der Waals surface area contributed by atoms with Crippen LogP contribution in [0.4, 0.5) is 10.6 Å². The van der Waals surface area contributed by atoms with Crippen LogP contribution in [0.3, 0.4) is 0 Å².